The Morgan fingerprint density at radius 1 is 1.18 bits per heavy atom. The molecule has 9 heteroatoms. The fourth-order valence-electron chi connectivity index (χ4n) is 4.18. The first-order valence-corrected chi connectivity index (χ1v) is 9.92. The van der Waals surface area contributed by atoms with Crippen molar-refractivity contribution in [2.75, 3.05) is 10.2 Å². The summed E-state index contributed by atoms with van der Waals surface area (Å²) in [6.45, 7) is 3.60. The Hall–Kier alpha value is -4.50. The van der Waals surface area contributed by atoms with Crippen LogP contribution < -0.4 is 10.2 Å². The van der Waals surface area contributed by atoms with E-state index in [2.05, 4.69) is 21.9 Å². The average Bonchev–Trinajstić information content (AvgIpc) is 3.30. The van der Waals surface area contributed by atoms with Gasteiger partial charge in [0, 0.05) is 22.3 Å². The average molecular weight is 444 g/mol. The molecule has 4 aromatic rings. The number of amides is 2. The number of hydrogen-bond acceptors (Lipinski definition) is 4. The van der Waals surface area contributed by atoms with Gasteiger partial charge in [0.1, 0.15) is 0 Å². The Balaban J connectivity index is 1.74. The first-order valence-electron chi connectivity index (χ1n) is 9.92. The molecule has 0 fully saturated rings. The highest BCUT2D eigenvalue weighted by Gasteiger charge is 2.51. The number of carbonyl (C=O) groups excluding carboxylic acids is 1. The molecule has 1 atom stereocenters. The van der Waals surface area contributed by atoms with Crippen LogP contribution in [0.15, 0.2) is 67.2 Å². The van der Waals surface area contributed by atoms with Crippen molar-refractivity contribution in [3.05, 3.63) is 95.3 Å². The smallest absolute Gasteiger partial charge is 0.411 e. The molecule has 8 nitrogen and oxygen atoms in total. The number of anilines is 2. The molecule has 1 aliphatic rings. The number of nitrogens with zero attached hydrogens (tertiary/aromatic N) is 2. The number of hydrogen-bond donors (Lipinski definition) is 4. The summed E-state index contributed by atoms with van der Waals surface area (Å²) in [5.74, 6) is -1.25. The van der Waals surface area contributed by atoms with Crippen molar-refractivity contribution in [2.45, 2.75) is 5.72 Å². The third-order valence-electron chi connectivity index (χ3n) is 5.64. The largest absolute Gasteiger partial charge is 0.465 e. The molecule has 1 aliphatic heterocycles. The van der Waals surface area contributed by atoms with E-state index in [-0.39, 0.29) is 33.9 Å². The van der Waals surface area contributed by atoms with Gasteiger partial charge in [0.25, 0.3) is 5.91 Å². The molecule has 0 saturated carbocycles. The van der Waals surface area contributed by atoms with Crippen LogP contribution in [-0.2, 0) is 5.72 Å². The van der Waals surface area contributed by atoms with E-state index in [1.807, 2.05) is 0 Å². The van der Waals surface area contributed by atoms with Crippen molar-refractivity contribution in [1.82, 2.24) is 9.97 Å². The van der Waals surface area contributed by atoms with Crippen molar-refractivity contribution in [1.29, 1.82) is 0 Å². The number of nitrogens with one attached hydrogen (secondary N) is 2. The van der Waals surface area contributed by atoms with Gasteiger partial charge in [-0.3, -0.25) is 15.0 Å². The molecule has 0 saturated heterocycles. The number of carboxylic acid groups (broad SMARTS) is 1. The third kappa shape index (κ3) is 2.98. The predicted octanol–water partition coefficient (Wildman–Crippen LogP) is 4.29. The normalized spacial score (nSPS) is 17.3. The second-order valence-corrected chi connectivity index (χ2v) is 7.49. The van der Waals surface area contributed by atoms with Gasteiger partial charge in [0.05, 0.1) is 16.7 Å². The number of aromatic amines is 1. The van der Waals surface area contributed by atoms with Crippen LogP contribution in [0.25, 0.3) is 17.1 Å². The lowest BCUT2D eigenvalue weighted by molar-refractivity contribution is 0.0699. The topological polar surface area (TPSA) is 119 Å². The number of rotatable bonds is 4. The van der Waals surface area contributed by atoms with Crippen molar-refractivity contribution >= 4 is 40.7 Å². The lowest BCUT2D eigenvalue weighted by Gasteiger charge is -2.35. The highest BCUT2D eigenvalue weighted by molar-refractivity contribution is 6.12. The molecular formula is C24H17FN4O4. The van der Waals surface area contributed by atoms with E-state index in [9.17, 15) is 14.7 Å². The highest BCUT2D eigenvalue weighted by atomic mass is 19.1. The number of fused-ring (bicyclic) bond motifs is 2. The number of aromatic nitrogens is 2. The molecule has 0 spiro atoms. The fourth-order valence-corrected chi connectivity index (χ4v) is 4.18. The van der Waals surface area contributed by atoms with E-state index in [0.29, 0.717) is 11.0 Å². The van der Waals surface area contributed by atoms with E-state index < -0.39 is 23.5 Å². The molecule has 0 bridgehead atoms. The minimum Gasteiger partial charge on any atom is -0.465 e. The standard InChI is InChI=1S/C24H17FN4O4/c1-2-13-6-5-9-19(20(13)25)29-21(30)15-7-3-4-8-16(15)24(29,33)14-10-11-17-18(12-14)27-22(26-17)28-23(31)32/h2-12,33H,1H2,(H,31,32)(H2,26,27,28). The lowest BCUT2D eigenvalue weighted by atomic mass is 9.93. The van der Waals surface area contributed by atoms with Gasteiger partial charge in [-0.2, -0.15) is 0 Å². The Kier molecular flexibility index (Phi) is 4.50. The van der Waals surface area contributed by atoms with Crippen LogP contribution in [0.1, 0.15) is 27.0 Å². The van der Waals surface area contributed by atoms with Crippen molar-refractivity contribution < 1.29 is 24.2 Å². The van der Waals surface area contributed by atoms with Gasteiger partial charge in [-0.25, -0.2) is 14.2 Å². The van der Waals surface area contributed by atoms with Crippen molar-refractivity contribution in [2.24, 2.45) is 0 Å². The number of imidazole rings is 1. The minimum atomic E-state index is -2.04. The molecule has 3 aromatic carbocycles. The zero-order chi connectivity index (χ0) is 23.3. The van der Waals surface area contributed by atoms with E-state index in [1.54, 1.807) is 42.5 Å². The summed E-state index contributed by atoms with van der Waals surface area (Å²) in [6, 6.07) is 15.7. The molecule has 5 rings (SSSR count). The minimum absolute atomic E-state index is 0.00567. The molecule has 4 N–H and O–H groups in total. The van der Waals surface area contributed by atoms with Crippen LogP contribution in [0.5, 0.6) is 0 Å². The first kappa shape index (κ1) is 20.4. The van der Waals surface area contributed by atoms with E-state index in [1.165, 1.54) is 24.3 Å². The van der Waals surface area contributed by atoms with Gasteiger partial charge in [-0.05, 0) is 24.3 Å². The monoisotopic (exact) mass is 444 g/mol. The Morgan fingerprint density at radius 3 is 2.73 bits per heavy atom. The van der Waals surface area contributed by atoms with Gasteiger partial charge in [0.2, 0.25) is 5.95 Å². The zero-order valence-electron chi connectivity index (χ0n) is 17.0. The predicted molar refractivity (Wildman–Crippen MR) is 120 cm³/mol. The Bertz CT molecular complexity index is 1460. The SMILES string of the molecule is C=Cc1cccc(N2C(=O)c3ccccc3C2(O)c2ccc3[nH]c(NC(=O)O)nc3c2)c1F. The van der Waals surface area contributed by atoms with Crippen LogP contribution in [0.3, 0.4) is 0 Å². The first-order chi connectivity index (χ1) is 15.8. The quantitative estimate of drug-likeness (QED) is 0.375. The summed E-state index contributed by atoms with van der Waals surface area (Å²) in [7, 11) is 0. The molecule has 1 unspecified atom stereocenters. The summed E-state index contributed by atoms with van der Waals surface area (Å²) in [5, 5.41) is 23.1. The lowest BCUT2D eigenvalue weighted by Crippen LogP contribution is -2.45. The fraction of sp³-hybridized carbons (Fsp3) is 0.0417. The van der Waals surface area contributed by atoms with Crippen LogP contribution in [-0.4, -0.2) is 32.2 Å². The molecule has 0 aliphatic carbocycles. The number of halogens is 1. The van der Waals surface area contributed by atoms with Crippen LogP contribution >= 0.6 is 0 Å². The van der Waals surface area contributed by atoms with Gasteiger partial charge in [-0.15, -0.1) is 0 Å². The second kappa shape index (κ2) is 7.28. The second-order valence-electron chi connectivity index (χ2n) is 7.49. The van der Waals surface area contributed by atoms with Gasteiger partial charge >= 0.3 is 6.09 Å². The molecule has 0 radical (unpaired) electrons. The van der Waals surface area contributed by atoms with Crippen LogP contribution in [0, 0.1) is 5.82 Å². The van der Waals surface area contributed by atoms with Crippen LogP contribution in [0.4, 0.5) is 20.8 Å². The summed E-state index contributed by atoms with van der Waals surface area (Å²) in [6.07, 6.45) is 0.0465. The molecule has 33 heavy (non-hydrogen) atoms. The van der Waals surface area contributed by atoms with Crippen LogP contribution in [0.2, 0.25) is 0 Å². The molecule has 164 valence electrons. The maximum Gasteiger partial charge on any atom is 0.411 e. The number of benzene rings is 3. The molecule has 1 aromatic heterocycles. The van der Waals surface area contributed by atoms with Crippen molar-refractivity contribution in [3.63, 3.8) is 0 Å². The Morgan fingerprint density at radius 2 is 1.97 bits per heavy atom. The third-order valence-corrected chi connectivity index (χ3v) is 5.64. The maximum absolute atomic E-state index is 15.3. The zero-order valence-corrected chi connectivity index (χ0v) is 17.0. The number of aliphatic hydroxyl groups is 1. The van der Waals surface area contributed by atoms with E-state index in [4.69, 9.17) is 5.11 Å². The molecule has 2 amide bonds. The van der Waals surface area contributed by atoms with Gasteiger partial charge in [-0.1, -0.05) is 49.1 Å². The maximum atomic E-state index is 15.3. The molecule has 2 heterocycles. The summed E-state index contributed by atoms with van der Waals surface area (Å²) in [5.41, 5.74) is -0.322. The summed E-state index contributed by atoms with van der Waals surface area (Å²) in [4.78, 5) is 32.4. The van der Waals surface area contributed by atoms with Gasteiger partial charge in [0.15, 0.2) is 11.5 Å². The van der Waals surface area contributed by atoms with Crippen molar-refractivity contribution in [3.8, 4) is 0 Å². The highest BCUT2D eigenvalue weighted by Crippen LogP contribution is 2.46. The summed E-state index contributed by atoms with van der Waals surface area (Å²) >= 11 is 0. The molecular weight excluding hydrogens is 427 g/mol. The summed E-state index contributed by atoms with van der Waals surface area (Å²) < 4.78 is 15.3. The number of carbonyl (C=O) groups is 2. The van der Waals surface area contributed by atoms with E-state index in [0.717, 1.165) is 4.90 Å². The Labute approximate surface area is 186 Å². The van der Waals surface area contributed by atoms with E-state index >= 15 is 4.39 Å². The van der Waals surface area contributed by atoms with Gasteiger partial charge < -0.3 is 15.2 Å². The number of H-pyrrole nitrogens is 1.